The van der Waals surface area contributed by atoms with Crippen LogP contribution in [0.5, 0.6) is 5.75 Å². The molecule has 0 saturated carbocycles. The fourth-order valence-corrected chi connectivity index (χ4v) is 4.18. The highest BCUT2D eigenvalue weighted by Gasteiger charge is 2.17. The van der Waals surface area contributed by atoms with Gasteiger partial charge in [0.2, 0.25) is 0 Å². The Hall–Kier alpha value is -2.39. The van der Waals surface area contributed by atoms with Gasteiger partial charge in [0.25, 0.3) is 10.0 Å². The van der Waals surface area contributed by atoms with Crippen LogP contribution < -0.4 is 9.46 Å². The van der Waals surface area contributed by atoms with E-state index in [0.29, 0.717) is 29.1 Å². The fourth-order valence-electron chi connectivity index (χ4n) is 2.13. The lowest BCUT2D eigenvalue weighted by atomic mass is 10.3. The summed E-state index contributed by atoms with van der Waals surface area (Å²) in [6, 6.07) is 13.4. The van der Waals surface area contributed by atoms with Gasteiger partial charge in [0, 0.05) is 10.5 Å². The Bertz CT molecular complexity index is 946. The maximum atomic E-state index is 12.5. The molecule has 3 aromatic rings. The van der Waals surface area contributed by atoms with Crippen molar-refractivity contribution in [2.75, 3.05) is 11.3 Å². The van der Waals surface area contributed by atoms with Gasteiger partial charge in [-0.1, -0.05) is 18.2 Å². The smallest absolute Gasteiger partial charge is 0.263 e. The molecule has 0 spiro atoms. The average molecular weight is 423 g/mol. The highest BCUT2D eigenvalue weighted by Crippen LogP contribution is 2.25. The summed E-state index contributed by atoms with van der Waals surface area (Å²) in [6.07, 6.45) is 3.06. The van der Waals surface area contributed by atoms with Crippen molar-refractivity contribution in [2.24, 2.45) is 0 Å². The summed E-state index contributed by atoms with van der Waals surface area (Å²) in [5.41, 5.74) is 0.425. The lowest BCUT2D eigenvalue weighted by Gasteiger charge is -2.11. The van der Waals surface area contributed by atoms with Crippen LogP contribution in [-0.4, -0.2) is 29.8 Å². The van der Waals surface area contributed by atoms with Crippen molar-refractivity contribution in [3.05, 3.63) is 65.7 Å². The first-order chi connectivity index (χ1) is 12.0. The SMILES string of the molecule is O=S(=O)(Nc1cccc(OCCn2cncn2)c1)c1ccccc1Br. The first kappa shape index (κ1) is 17.4. The molecule has 0 aliphatic rings. The van der Waals surface area contributed by atoms with E-state index in [1.54, 1.807) is 53.5 Å². The molecule has 1 aromatic heterocycles. The van der Waals surface area contributed by atoms with Gasteiger partial charge in [0.1, 0.15) is 29.9 Å². The number of aromatic nitrogens is 3. The monoisotopic (exact) mass is 422 g/mol. The molecular formula is C16H15BrN4O3S. The molecule has 1 heterocycles. The Labute approximate surface area is 153 Å². The highest BCUT2D eigenvalue weighted by atomic mass is 79.9. The molecule has 9 heteroatoms. The molecule has 25 heavy (non-hydrogen) atoms. The van der Waals surface area contributed by atoms with E-state index in [-0.39, 0.29) is 4.90 Å². The molecule has 130 valence electrons. The van der Waals surface area contributed by atoms with E-state index >= 15 is 0 Å². The number of rotatable bonds is 7. The molecule has 3 rings (SSSR count). The predicted octanol–water partition coefficient (Wildman–Crippen LogP) is 2.92. The first-order valence-corrected chi connectivity index (χ1v) is 9.65. The summed E-state index contributed by atoms with van der Waals surface area (Å²) in [5, 5.41) is 3.98. The largest absolute Gasteiger partial charge is 0.492 e. The van der Waals surface area contributed by atoms with Crippen molar-refractivity contribution in [3.8, 4) is 5.75 Å². The van der Waals surface area contributed by atoms with Gasteiger partial charge in [-0.05, 0) is 40.2 Å². The number of sulfonamides is 1. The van der Waals surface area contributed by atoms with E-state index in [9.17, 15) is 8.42 Å². The second-order valence-corrected chi connectivity index (χ2v) is 7.58. The van der Waals surface area contributed by atoms with Crippen molar-refractivity contribution in [3.63, 3.8) is 0 Å². The molecule has 0 aliphatic heterocycles. The summed E-state index contributed by atoms with van der Waals surface area (Å²) in [7, 11) is -3.69. The average Bonchev–Trinajstić information content (AvgIpc) is 3.08. The number of nitrogens with zero attached hydrogens (tertiary/aromatic N) is 3. The van der Waals surface area contributed by atoms with E-state index in [4.69, 9.17) is 4.74 Å². The lowest BCUT2D eigenvalue weighted by Crippen LogP contribution is -2.13. The molecule has 1 N–H and O–H groups in total. The molecule has 0 bridgehead atoms. The molecule has 0 amide bonds. The molecular weight excluding hydrogens is 408 g/mol. The number of hydrogen-bond donors (Lipinski definition) is 1. The number of halogens is 1. The van der Waals surface area contributed by atoms with Crippen LogP contribution in [0.25, 0.3) is 0 Å². The fraction of sp³-hybridized carbons (Fsp3) is 0.125. The van der Waals surface area contributed by atoms with Gasteiger partial charge >= 0.3 is 0 Å². The summed E-state index contributed by atoms with van der Waals surface area (Å²) in [5.74, 6) is 0.562. The van der Waals surface area contributed by atoms with E-state index in [1.165, 1.54) is 12.4 Å². The van der Waals surface area contributed by atoms with Crippen LogP contribution in [0.1, 0.15) is 0 Å². The third-order valence-electron chi connectivity index (χ3n) is 3.27. The van der Waals surface area contributed by atoms with Crippen LogP contribution in [0.2, 0.25) is 0 Å². The van der Waals surface area contributed by atoms with Crippen LogP contribution in [0.15, 0.2) is 70.6 Å². The Kier molecular flexibility index (Phi) is 5.34. The summed E-state index contributed by atoms with van der Waals surface area (Å²) in [4.78, 5) is 4.03. The normalized spacial score (nSPS) is 11.2. The molecule has 0 fully saturated rings. The van der Waals surface area contributed by atoms with Crippen molar-refractivity contribution in [1.82, 2.24) is 14.8 Å². The van der Waals surface area contributed by atoms with Gasteiger partial charge in [0.15, 0.2) is 0 Å². The molecule has 0 radical (unpaired) electrons. The number of anilines is 1. The summed E-state index contributed by atoms with van der Waals surface area (Å²) in [6.45, 7) is 0.941. The zero-order valence-corrected chi connectivity index (χ0v) is 15.4. The number of nitrogens with one attached hydrogen (secondary N) is 1. The molecule has 0 atom stereocenters. The maximum Gasteiger partial charge on any atom is 0.263 e. The number of ether oxygens (including phenoxy) is 1. The van der Waals surface area contributed by atoms with Crippen molar-refractivity contribution >= 4 is 31.6 Å². The standard InChI is InChI=1S/C16H15BrN4O3S/c17-15-6-1-2-7-16(15)25(22,23)20-13-4-3-5-14(10-13)24-9-8-21-12-18-11-19-21/h1-7,10-12,20H,8-9H2. The highest BCUT2D eigenvalue weighted by molar-refractivity contribution is 9.10. The zero-order valence-electron chi connectivity index (χ0n) is 13.0. The number of hydrogen-bond acceptors (Lipinski definition) is 5. The minimum Gasteiger partial charge on any atom is -0.492 e. The molecule has 0 aliphatic carbocycles. The Morgan fingerprint density at radius 2 is 2.00 bits per heavy atom. The molecule has 2 aromatic carbocycles. The predicted molar refractivity (Wildman–Crippen MR) is 96.9 cm³/mol. The Morgan fingerprint density at radius 3 is 2.76 bits per heavy atom. The van der Waals surface area contributed by atoms with Crippen molar-refractivity contribution < 1.29 is 13.2 Å². The van der Waals surface area contributed by atoms with Crippen molar-refractivity contribution in [1.29, 1.82) is 0 Å². The third kappa shape index (κ3) is 4.58. The van der Waals surface area contributed by atoms with Gasteiger partial charge in [-0.3, -0.25) is 4.72 Å². The van der Waals surface area contributed by atoms with Gasteiger partial charge in [-0.2, -0.15) is 5.10 Å². The number of benzene rings is 2. The molecule has 0 unspecified atom stereocenters. The van der Waals surface area contributed by atoms with Crippen LogP contribution >= 0.6 is 15.9 Å². The Balaban J connectivity index is 1.68. The van der Waals surface area contributed by atoms with E-state index < -0.39 is 10.0 Å². The minimum absolute atomic E-state index is 0.174. The van der Waals surface area contributed by atoms with Crippen LogP contribution in [0, 0.1) is 0 Å². The van der Waals surface area contributed by atoms with E-state index in [2.05, 4.69) is 30.7 Å². The van der Waals surface area contributed by atoms with Gasteiger partial charge in [0.05, 0.1) is 12.2 Å². The lowest BCUT2D eigenvalue weighted by molar-refractivity contribution is 0.291. The summed E-state index contributed by atoms with van der Waals surface area (Å²) >= 11 is 3.26. The summed E-state index contributed by atoms with van der Waals surface area (Å²) < 4.78 is 35.3. The van der Waals surface area contributed by atoms with Crippen LogP contribution in [0.3, 0.4) is 0 Å². The second-order valence-electron chi connectivity index (χ2n) is 5.07. The minimum atomic E-state index is -3.69. The first-order valence-electron chi connectivity index (χ1n) is 7.37. The molecule has 7 nitrogen and oxygen atoms in total. The van der Waals surface area contributed by atoms with Gasteiger partial charge in [-0.15, -0.1) is 0 Å². The second kappa shape index (κ2) is 7.66. The molecule has 0 saturated heterocycles. The van der Waals surface area contributed by atoms with E-state index in [0.717, 1.165) is 0 Å². The van der Waals surface area contributed by atoms with Crippen LogP contribution in [-0.2, 0) is 16.6 Å². The Morgan fingerprint density at radius 1 is 1.16 bits per heavy atom. The topological polar surface area (TPSA) is 86.1 Å². The third-order valence-corrected chi connectivity index (χ3v) is 5.66. The van der Waals surface area contributed by atoms with Crippen LogP contribution in [0.4, 0.5) is 5.69 Å². The zero-order chi connectivity index (χ0) is 17.7. The quantitative estimate of drug-likeness (QED) is 0.632. The van der Waals surface area contributed by atoms with Gasteiger partial charge < -0.3 is 4.74 Å². The van der Waals surface area contributed by atoms with E-state index in [1.807, 2.05) is 0 Å². The van der Waals surface area contributed by atoms with Gasteiger partial charge in [-0.25, -0.2) is 18.1 Å². The maximum absolute atomic E-state index is 12.5. The van der Waals surface area contributed by atoms with Crippen molar-refractivity contribution in [2.45, 2.75) is 11.4 Å².